The molecule has 0 bridgehead atoms. The highest BCUT2D eigenvalue weighted by Crippen LogP contribution is 2.40. The monoisotopic (exact) mass is 461 g/mol. The Balaban J connectivity index is 0.00000160. The molecule has 1 aromatic heterocycles. The maximum absolute atomic E-state index is 12.7. The Bertz CT molecular complexity index is 674. The number of rotatable bonds is 5. The quantitative estimate of drug-likeness (QED) is 0.715. The van der Waals surface area contributed by atoms with Gasteiger partial charge in [0.1, 0.15) is 6.10 Å². The summed E-state index contributed by atoms with van der Waals surface area (Å²) >= 11 is 0. The first-order valence-electron chi connectivity index (χ1n) is 10.5. The molecule has 1 atom stereocenters. The van der Waals surface area contributed by atoms with Gasteiger partial charge < -0.3 is 24.4 Å². The Morgan fingerprint density at radius 3 is 2.70 bits per heavy atom. The Morgan fingerprint density at radius 2 is 2.03 bits per heavy atom. The van der Waals surface area contributed by atoms with Gasteiger partial charge in [0.05, 0.1) is 12.9 Å². The first-order chi connectivity index (χ1) is 13.7. The summed E-state index contributed by atoms with van der Waals surface area (Å²) in [5.74, 6) is 0.391. The first-order valence-corrected chi connectivity index (χ1v) is 10.5. The number of carbonyl (C=O) groups excluding carboxylic acids is 2. The number of morpholine rings is 1. The molecule has 4 rings (SSSR count). The smallest absolute Gasteiger partial charge is 0.253 e. The maximum atomic E-state index is 12.7. The molecule has 0 aromatic carbocycles. The van der Waals surface area contributed by atoms with Crippen LogP contribution >= 0.6 is 24.8 Å². The lowest BCUT2D eigenvalue weighted by molar-refractivity contribution is -0.150. The van der Waals surface area contributed by atoms with E-state index in [2.05, 4.69) is 14.9 Å². The van der Waals surface area contributed by atoms with E-state index in [-0.39, 0.29) is 48.1 Å². The molecule has 3 saturated heterocycles. The van der Waals surface area contributed by atoms with E-state index in [1.807, 2.05) is 22.3 Å². The number of amides is 2. The fourth-order valence-corrected chi connectivity index (χ4v) is 4.71. The molecule has 1 aromatic rings. The molecule has 1 unspecified atom stereocenters. The fraction of sp³-hybridized carbons (Fsp3) is 0.750. The SMILES string of the molecule is Cl.Cl.O=C1CCC2(CCN(C(=O)C3CNCCO3)CC2)CN1CCCn1ccnc1. The number of ether oxygens (including phenoxy) is 1. The van der Waals surface area contributed by atoms with Crippen molar-refractivity contribution in [2.24, 2.45) is 5.41 Å². The Morgan fingerprint density at radius 1 is 1.23 bits per heavy atom. The average molecular weight is 462 g/mol. The molecule has 30 heavy (non-hydrogen) atoms. The molecule has 8 nitrogen and oxygen atoms in total. The number of halogens is 2. The lowest BCUT2D eigenvalue weighted by Crippen LogP contribution is -2.55. The number of nitrogens with one attached hydrogen (secondary N) is 1. The number of carbonyl (C=O) groups is 2. The summed E-state index contributed by atoms with van der Waals surface area (Å²) in [7, 11) is 0. The minimum absolute atomic E-state index is 0. The summed E-state index contributed by atoms with van der Waals surface area (Å²) in [5.41, 5.74) is 0.172. The van der Waals surface area contributed by atoms with Crippen LogP contribution in [0.3, 0.4) is 0 Å². The molecular formula is C20H33Cl2N5O3. The van der Waals surface area contributed by atoms with Gasteiger partial charge in [0.25, 0.3) is 5.91 Å². The molecule has 10 heteroatoms. The molecule has 1 N–H and O–H groups in total. The van der Waals surface area contributed by atoms with E-state index in [1.54, 1.807) is 6.20 Å². The van der Waals surface area contributed by atoms with Crippen LogP contribution in [0, 0.1) is 5.41 Å². The van der Waals surface area contributed by atoms with Gasteiger partial charge >= 0.3 is 0 Å². The zero-order valence-electron chi connectivity index (χ0n) is 17.3. The number of aromatic nitrogens is 2. The van der Waals surface area contributed by atoms with Crippen molar-refractivity contribution in [2.45, 2.75) is 44.8 Å². The highest BCUT2D eigenvalue weighted by atomic mass is 35.5. The van der Waals surface area contributed by atoms with E-state index in [1.165, 1.54) is 0 Å². The Labute approximate surface area is 190 Å². The number of aryl methyl sites for hydroxylation is 1. The lowest BCUT2D eigenvalue weighted by Gasteiger charge is -2.48. The van der Waals surface area contributed by atoms with Crippen molar-refractivity contribution in [1.29, 1.82) is 0 Å². The van der Waals surface area contributed by atoms with Crippen molar-refractivity contribution in [1.82, 2.24) is 24.7 Å². The van der Waals surface area contributed by atoms with E-state index in [9.17, 15) is 9.59 Å². The third-order valence-corrected chi connectivity index (χ3v) is 6.49. The zero-order valence-corrected chi connectivity index (χ0v) is 19.0. The summed E-state index contributed by atoms with van der Waals surface area (Å²) < 4.78 is 7.68. The van der Waals surface area contributed by atoms with Crippen LogP contribution in [0.1, 0.15) is 32.1 Å². The van der Waals surface area contributed by atoms with Crippen LogP contribution in [0.4, 0.5) is 0 Å². The van der Waals surface area contributed by atoms with E-state index < -0.39 is 0 Å². The second-order valence-corrected chi connectivity index (χ2v) is 8.36. The molecule has 1 spiro atoms. The molecule has 3 aliphatic rings. The second-order valence-electron chi connectivity index (χ2n) is 8.36. The van der Waals surface area contributed by atoms with Crippen LogP contribution < -0.4 is 5.32 Å². The third kappa shape index (κ3) is 5.87. The van der Waals surface area contributed by atoms with Gasteiger partial charge in [0.15, 0.2) is 0 Å². The first kappa shape index (κ1) is 24.9. The van der Waals surface area contributed by atoms with Crippen LogP contribution in [-0.4, -0.2) is 83.1 Å². The summed E-state index contributed by atoms with van der Waals surface area (Å²) in [6, 6.07) is 0. The van der Waals surface area contributed by atoms with Gasteiger partial charge in [-0.25, -0.2) is 4.98 Å². The number of hydrogen-bond donors (Lipinski definition) is 1. The minimum Gasteiger partial charge on any atom is -0.366 e. The molecule has 4 heterocycles. The molecular weight excluding hydrogens is 429 g/mol. The number of likely N-dealkylation sites (tertiary alicyclic amines) is 2. The van der Waals surface area contributed by atoms with Crippen molar-refractivity contribution < 1.29 is 14.3 Å². The average Bonchev–Trinajstić information content (AvgIpc) is 3.25. The summed E-state index contributed by atoms with van der Waals surface area (Å²) in [5, 5.41) is 3.23. The van der Waals surface area contributed by atoms with Gasteiger partial charge in [-0.3, -0.25) is 9.59 Å². The van der Waals surface area contributed by atoms with Crippen molar-refractivity contribution in [2.75, 3.05) is 45.9 Å². The van der Waals surface area contributed by atoms with Crippen molar-refractivity contribution in [3.05, 3.63) is 18.7 Å². The molecule has 3 fully saturated rings. The number of hydrogen-bond acceptors (Lipinski definition) is 5. The number of nitrogens with zero attached hydrogens (tertiary/aromatic N) is 4. The largest absolute Gasteiger partial charge is 0.366 e. The van der Waals surface area contributed by atoms with Crippen LogP contribution in [0.25, 0.3) is 0 Å². The van der Waals surface area contributed by atoms with Crippen LogP contribution in [-0.2, 0) is 20.9 Å². The van der Waals surface area contributed by atoms with Gasteiger partial charge in [0, 0.05) is 64.6 Å². The van der Waals surface area contributed by atoms with Crippen molar-refractivity contribution in [3.63, 3.8) is 0 Å². The highest BCUT2D eigenvalue weighted by Gasteiger charge is 2.42. The normalized spacial score (nSPS) is 23.6. The highest BCUT2D eigenvalue weighted by molar-refractivity contribution is 5.85. The van der Waals surface area contributed by atoms with Crippen molar-refractivity contribution >= 4 is 36.6 Å². The third-order valence-electron chi connectivity index (χ3n) is 6.49. The Kier molecular flexibility index (Phi) is 9.40. The maximum Gasteiger partial charge on any atom is 0.253 e. The molecule has 0 aliphatic carbocycles. The molecule has 2 amide bonds. The zero-order chi connectivity index (χ0) is 19.4. The second kappa shape index (κ2) is 11.3. The van der Waals surface area contributed by atoms with E-state index in [0.29, 0.717) is 19.6 Å². The Hall–Kier alpha value is -1.35. The molecule has 0 saturated carbocycles. The van der Waals surface area contributed by atoms with E-state index >= 15 is 0 Å². The molecule has 170 valence electrons. The van der Waals surface area contributed by atoms with E-state index in [4.69, 9.17) is 4.74 Å². The van der Waals surface area contributed by atoms with Gasteiger partial charge in [-0.15, -0.1) is 24.8 Å². The number of imidazole rings is 1. The topological polar surface area (TPSA) is 79.7 Å². The fourth-order valence-electron chi connectivity index (χ4n) is 4.71. The van der Waals surface area contributed by atoms with Gasteiger partial charge in [0.2, 0.25) is 5.91 Å². The standard InChI is InChI=1S/C20H31N5O3.2ClH/c26-18-2-3-20(15-25(18)9-1-8-23-12-6-22-16-23)4-10-24(11-5-20)19(27)17-14-21-7-13-28-17;;/h6,12,16-17,21H,1-5,7-11,13-15H2;2*1H. The summed E-state index contributed by atoms with van der Waals surface area (Å²) in [6.07, 6.45) is 9.70. The minimum atomic E-state index is -0.338. The predicted molar refractivity (Wildman–Crippen MR) is 118 cm³/mol. The van der Waals surface area contributed by atoms with Gasteiger partial charge in [-0.1, -0.05) is 0 Å². The van der Waals surface area contributed by atoms with Crippen LogP contribution in [0.5, 0.6) is 0 Å². The van der Waals surface area contributed by atoms with Crippen LogP contribution in [0.2, 0.25) is 0 Å². The summed E-state index contributed by atoms with van der Waals surface area (Å²) in [4.78, 5) is 33.2. The molecule has 3 aliphatic heterocycles. The van der Waals surface area contributed by atoms with Gasteiger partial charge in [-0.2, -0.15) is 0 Å². The van der Waals surface area contributed by atoms with E-state index in [0.717, 1.165) is 65.0 Å². The predicted octanol–water partition coefficient (Wildman–Crippen LogP) is 1.34. The lowest BCUT2D eigenvalue weighted by atomic mass is 9.72. The van der Waals surface area contributed by atoms with Crippen LogP contribution in [0.15, 0.2) is 18.7 Å². The van der Waals surface area contributed by atoms with Crippen molar-refractivity contribution in [3.8, 4) is 0 Å². The summed E-state index contributed by atoms with van der Waals surface area (Å²) in [6.45, 7) is 6.09. The number of piperidine rings is 2. The van der Waals surface area contributed by atoms with Gasteiger partial charge in [-0.05, 0) is 31.1 Å². The molecule has 0 radical (unpaired) electrons.